The number of nitrogens with one attached hydrogen (secondary N) is 2. The fourth-order valence-electron chi connectivity index (χ4n) is 3.01. The average Bonchev–Trinajstić information content (AvgIpc) is 3.15. The van der Waals surface area contributed by atoms with Crippen LogP contribution in [0.3, 0.4) is 0 Å². The molecule has 0 saturated carbocycles. The van der Waals surface area contributed by atoms with E-state index in [0.717, 1.165) is 43.0 Å². The van der Waals surface area contributed by atoms with Crippen LogP contribution in [0.5, 0.6) is 0 Å². The Morgan fingerprint density at radius 3 is 3.18 bits per heavy atom. The van der Waals surface area contributed by atoms with Gasteiger partial charge in [-0.05, 0) is 19.3 Å². The van der Waals surface area contributed by atoms with Gasteiger partial charge in [0.1, 0.15) is 0 Å². The average molecular weight is 325 g/mol. The number of rotatable bonds is 4. The molecule has 2 N–H and O–H groups in total. The second-order valence-corrected chi connectivity index (χ2v) is 6.88. The lowest BCUT2D eigenvalue weighted by Gasteiger charge is -2.37. The summed E-state index contributed by atoms with van der Waals surface area (Å²) in [6.07, 6.45) is 3.54. The molecule has 22 heavy (non-hydrogen) atoms. The van der Waals surface area contributed by atoms with Crippen molar-refractivity contribution in [1.29, 1.82) is 0 Å². The van der Waals surface area contributed by atoms with Crippen molar-refractivity contribution in [3.8, 4) is 0 Å². The summed E-state index contributed by atoms with van der Waals surface area (Å²) >= 11 is 1.64. The number of urea groups is 1. The lowest BCUT2D eigenvalue weighted by Crippen LogP contribution is -2.51. The minimum absolute atomic E-state index is 0.132. The van der Waals surface area contributed by atoms with Crippen LogP contribution < -0.4 is 10.6 Å². The third-order valence-corrected chi connectivity index (χ3v) is 5.27. The molecule has 2 atom stereocenters. The van der Waals surface area contributed by atoms with Crippen LogP contribution in [0.1, 0.15) is 36.9 Å². The largest absolute Gasteiger partial charge is 0.378 e. The normalized spacial score (nSPS) is 28.0. The smallest absolute Gasteiger partial charge is 0.315 e. The van der Waals surface area contributed by atoms with Crippen LogP contribution >= 0.6 is 11.3 Å². The molecule has 0 aromatic carbocycles. The molecular weight excluding hydrogens is 302 g/mol. The number of nitrogens with zero attached hydrogens (tertiary/aromatic N) is 1. The Labute approximate surface area is 134 Å². The summed E-state index contributed by atoms with van der Waals surface area (Å²) in [5, 5.41) is 9.04. The zero-order chi connectivity index (χ0) is 15.4. The number of amides is 2. The topological polar surface area (TPSA) is 72.5 Å². The van der Waals surface area contributed by atoms with Crippen molar-refractivity contribution in [2.75, 3.05) is 19.8 Å². The van der Waals surface area contributed by atoms with E-state index >= 15 is 0 Å². The van der Waals surface area contributed by atoms with Crippen LogP contribution in [0.2, 0.25) is 0 Å². The van der Waals surface area contributed by atoms with Gasteiger partial charge < -0.3 is 20.1 Å². The molecule has 122 valence electrons. The van der Waals surface area contributed by atoms with Crippen molar-refractivity contribution in [3.63, 3.8) is 0 Å². The second-order valence-electron chi connectivity index (χ2n) is 5.94. The maximum atomic E-state index is 12.0. The molecule has 2 saturated heterocycles. The summed E-state index contributed by atoms with van der Waals surface area (Å²) in [5.41, 5.74) is 0.742. The molecule has 6 nitrogen and oxygen atoms in total. The first kappa shape index (κ1) is 15.7. The molecule has 7 heteroatoms. The van der Waals surface area contributed by atoms with Crippen LogP contribution in [-0.4, -0.2) is 42.5 Å². The SMILES string of the molecule is CCc1nc(CNC(=O)N[C@H]2CCO[C@]3(CCOC3)C2)cs1. The Hall–Kier alpha value is -1.18. The van der Waals surface area contributed by atoms with Gasteiger partial charge in [-0.25, -0.2) is 9.78 Å². The van der Waals surface area contributed by atoms with Gasteiger partial charge in [-0.15, -0.1) is 11.3 Å². The van der Waals surface area contributed by atoms with Gasteiger partial charge in [-0.1, -0.05) is 6.92 Å². The van der Waals surface area contributed by atoms with E-state index in [9.17, 15) is 4.79 Å². The van der Waals surface area contributed by atoms with Gasteiger partial charge in [0.25, 0.3) is 0 Å². The highest BCUT2D eigenvalue weighted by atomic mass is 32.1. The number of ether oxygens (including phenoxy) is 2. The van der Waals surface area contributed by atoms with Gasteiger partial charge in [0, 0.05) is 31.1 Å². The quantitative estimate of drug-likeness (QED) is 0.886. The van der Waals surface area contributed by atoms with Crippen LogP contribution in [0.25, 0.3) is 0 Å². The Morgan fingerprint density at radius 2 is 2.45 bits per heavy atom. The fraction of sp³-hybridized carbons (Fsp3) is 0.733. The number of aryl methyl sites for hydroxylation is 1. The Balaban J connectivity index is 1.45. The van der Waals surface area contributed by atoms with Gasteiger partial charge in [-0.3, -0.25) is 0 Å². The first-order valence-corrected chi connectivity index (χ1v) is 8.76. The number of hydrogen-bond donors (Lipinski definition) is 2. The molecule has 2 aliphatic rings. The van der Waals surface area contributed by atoms with Crippen molar-refractivity contribution >= 4 is 17.4 Å². The van der Waals surface area contributed by atoms with E-state index in [1.54, 1.807) is 11.3 Å². The van der Waals surface area contributed by atoms with Gasteiger partial charge in [0.05, 0.1) is 29.5 Å². The van der Waals surface area contributed by atoms with Crippen molar-refractivity contribution in [3.05, 3.63) is 16.1 Å². The molecule has 3 rings (SSSR count). The minimum atomic E-state index is -0.179. The van der Waals surface area contributed by atoms with Crippen LogP contribution in [0.4, 0.5) is 4.79 Å². The summed E-state index contributed by atoms with van der Waals surface area (Å²) in [6, 6.07) is 0.0177. The lowest BCUT2D eigenvalue weighted by molar-refractivity contribution is -0.0878. The maximum absolute atomic E-state index is 12.0. The van der Waals surface area contributed by atoms with E-state index in [1.807, 2.05) is 5.38 Å². The molecule has 2 fully saturated rings. The predicted octanol–water partition coefficient (Wildman–Crippen LogP) is 1.84. The van der Waals surface area contributed by atoms with Crippen molar-refractivity contribution in [2.24, 2.45) is 0 Å². The van der Waals surface area contributed by atoms with Crippen LogP contribution in [0.15, 0.2) is 5.38 Å². The first-order chi connectivity index (χ1) is 10.7. The highest BCUT2D eigenvalue weighted by molar-refractivity contribution is 7.09. The van der Waals surface area contributed by atoms with E-state index in [4.69, 9.17) is 9.47 Å². The zero-order valence-electron chi connectivity index (χ0n) is 12.9. The van der Waals surface area contributed by atoms with Crippen LogP contribution in [0, 0.1) is 0 Å². The highest BCUT2D eigenvalue weighted by Gasteiger charge is 2.41. The highest BCUT2D eigenvalue weighted by Crippen LogP contribution is 2.32. The molecular formula is C15H23N3O3S. The van der Waals surface area contributed by atoms with E-state index in [1.165, 1.54) is 0 Å². The molecule has 0 unspecified atom stereocenters. The van der Waals surface area contributed by atoms with E-state index in [2.05, 4.69) is 22.5 Å². The second kappa shape index (κ2) is 6.93. The number of carbonyl (C=O) groups excluding carboxylic acids is 1. The van der Waals surface area contributed by atoms with Crippen molar-refractivity contribution < 1.29 is 14.3 Å². The summed E-state index contributed by atoms with van der Waals surface area (Å²) in [6.45, 7) is 4.63. The Bertz CT molecular complexity index is 514. The molecule has 0 bridgehead atoms. The molecule has 1 aromatic heterocycles. The number of thiazole rings is 1. The zero-order valence-corrected chi connectivity index (χ0v) is 13.7. The van der Waals surface area contributed by atoms with E-state index < -0.39 is 0 Å². The van der Waals surface area contributed by atoms with Gasteiger partial charge in [0.15, 0.2) is 0 Å². The molecule has 2 amide bonds. The van der Waals surface area contributed by atoms with Crippen molar-refractivity contribution in [2.45, 2.75) is 50.8 Å². The van der Waals surface area contributed by atoms with E-state index in [-0.39, 0.29) is 17.7 Å². The summed E-state index contributed by atoms with van der Waals surface area (Å²) in [7, 11) is 0. The van der Waals surface area contributed by atoms with Gasteiger partial charge >= 0.3 is 6.03 Å². The number of aromatic nitrogens is 1. The minimum Gasteiger partial charge on any atom is -0.378 e. The molecule has 1 spiro atoms. The Kier molecular flexibility index (Phi) is 4.95. The summed E-state index contributed by atoms with van der Waals surface area (Å²) in [4.78, 5) is 16.5. The third kappa shape index (κ3) is 3.77. The summed E-state index contributed by atoms with van der Waals surface area (Å²) < 4.78 is 11.3. The van der Waals surface area contributed by atoms with E-state index in [0.29, 0.717) is 19.8 Å². The predicted molar refractivity (Wildman–Crippen MR) is 84.0 cm³/mol. The lowest BCUT2D eigenvalue weighted by atomic mass is 9.90. The number of carbonyl (C=O) groups is 1. The molecule has 3 heterocycles. The third-order valence-electron chi connectivity index (χ3n) is 4.23. The van der Waals surface area contributed by atoms with Gasteiger partial charge in [0.2, 0.25) is 0 Å². The maximum Gasteiger partial charge on any atom is 0.315 e. The molecule has 0 radical (unpaired) electrons. The van der Waals surface area contributed by atoms with Crippen LogP contribution in [-0.2, 0) is 22.4 Å². The molecule has 1 aromatic rings. The fourth-order valence-corrected chi connectivity index (χ4v) is 3.76. The standard InChI is InChI=1S/C15H23N3O3S/c1-2-13-17-12(9-22-13)8-16-14(19)18-11-3-5-21-15(7-11)4-6-20-10-15/h9,11H,2-8,10H2,1H3,(H2,16,18,19)/t11-,15+/m0/s1. The number of hydrogen-bond acceptors (Lipinski definition) is 5. The first-order valence-electron chi connectivity index (χ1n) is 7.88. The van der Waals surface area contributed by atoms with Crippen molar-refractivity contribution in [1.82, 2.24) is 15.6 Å². The Morgan fingerprint density at radius 1 is 1.55 bits per heavy atom. The molecule has 0 aliphatic carbocycles. The molecule has 2 aliphatic heterocycles. The summed E-state index contributed by atoms with van der Waals surface area (Å²) in [5.74, 6) is 0. The monoisotopic (exact) mass is 325 g/mol. The van der Waals surface area contributed by atoms with Gasteiger partial charge in [-0.2, -0.15) is 0 Å².